The molecule has 0 fully saturated rings. The summed E-state index contributed by atoms with van der Waals surface area (Å²) >= 11 is 5.79. The quantitative estimate of drug-likeness (QED) is 0.352. The second-order valence-corrected chi connectivity index (χ2v) is 5.56. The molecule has 2 aromatic rings. The van der Waals surface area contributed by atoms with Gasteiger partial charge in [-0.1, -0.05) is 23.7 Å². The fraction of sp³-hybridized carbons (Fsp3) is 0.176. The van der Waals surface area contributed by atoms with Crippen LogP contribution in [0, 0.1) is 0 Å². The van der Waals surface area contributed by atoms with E-state index in [1.54, 1.807) is 54.0 Å². The van der Waals surface area contributed by atoms with Gasteiger partial charge in [-0.2, -0.15) is 0 Å². The van der Waals surface area contributed by atoms with Crippen LogP contribution in [0.15, 0.2) is 48.5 Å². The number of hydrogen-bond donors (Lipinski definition) is 4. The summed E-state index contributed by atoms with van der Waals surface area (Å²) in [6, 6.07) is 13.7. The van der Waals surface area contributed by atoms with Crippen molar-refractivity contribution in [1.29, 1.82) is 0 Å². The number of nitrogens with one attached hydrogen (secondary N) is 3. The van der Waals surface area contributed by atoms with Gasteiger partial charge in [-0.05, 0) is 42.0 Å². The van der Waals surface area contributed by atoms with Crippen molar-refractivity contribution in [2.45, 2.75) is 13.0 Å². The average molecular weight is 348 g/mol. The number of benzene rings is 2. The Morgan fingerprint density at radius 1 is 1.00 bits per heavy atom. The topological polar surface area (TPSA) is 90.5 Å². The van der Waals surface area contributed by atoms with Crippen LogP contribution in [-0.2, 0) is 11.3 Å². The van der Waals surface area contributed by atoms with E-state index < -0.39 is 5.91 Å². The molecule has 0 saturated carbocycles. The van der Waals surface area contributed by atoms with Gasteiger partial charge in [0, 0.05) is 35.8 Å². The third-order valence-corrected chi connectivity index (χ3v) is 3.56. The molecule has 0 heterocycles. The van der Waals surface area contributed by atoms with Gasteiger partial charge in [0.15, 0.2) is 0 Å². The van der Waals surface area contributed by atoms with Crippen molar-refractivity contribution < 1.29 is 14.8 Å². The van der Waals surface area contributed by atoms with Crippen molar-refractivity contribution in [3.05, 3.63) is 64.7 Å². The summed E-state index contributed by atoms with van der Waals surface area (Å²) in [6.45, 7) is 1.10. The summed E-state index contributed by atoms with van der Waals surface area (Å²) in [5, 5.41) is 15.1. The molecule has 0 aromatic heterocycles. The van der Waals surface area contributed by atoms with Crippen LogP contribution >= 0.6 is 11.6 Å². The molecule has 0 aliphatic heterocycles. The van der Waals surface area contributed by atoms with Crippen molar-refractivity contribution in [2.75, 3.05) is 11.9 Å². The lowest BCUT2D eigenvalue weighted by Crippen LogP contribution is -2.21. The van der Waals surface area contributed by atoms with Gasteiger partial charge < -0.3 is 10.6 Å². The second-order valence-electron chi connectivity index (χ2n) is 5.12. The Hall–Kier alpha value is -2.41. The van der Waals surface area contributed by atoms with Crippen LogP contribution in [0.5, 0.6) is 0 Å². The average Bonchev–Trinajstić information content (AvgIpc) is 2.60. The highest BCUT2D eigenvalue weighted by atomic mass is 35.5. The summed E-state index contributed by atoms with van der Waals surface area (Å²) in [6.07, 6.45) is 0.341. The summed E-state index contributed by atoms with van der Waals surface area (Å²) in [5.41, 5.74) is 3.65. The van der Waals surface area contributed by atoms with E-state index in [1.807, 2.05) is 0 Å². The lowest BCUT2D eigenvalue weighted by atomic mass is 10.1. The molecular formula is C17H18ClN3O3. The first-order chi connectivity index (χ1) is 11.6. The summed E-state index contributed by atoms with van der Waals surface area (Å²) in [5.74, 6) is -0.631. The summed E-state index contributed by atoms with van der Waals surface area (Å²) in [7, 11) is 0. The highest BCUT2D eigenvalue weighted by Gasteiger charge is 2.04. The predicted octanol–water partition coefficient (Wildman–Crippen LogP) is 2.58. The van der Waals surface area contributed by atoms with Gasteiger partial charge in [-0.25, -0.2) is 5.48 Å². The van der Waals surface area contributed by atoms with E-state index in [2.05, 4.69) is 10.6 Å². The Morgan fingerprint density at radius 2 is 1.67 bits per heavy atom. The van der Waals surface area contributed by atoms with Crippen LogP contribution in [0.25, 0.3) is 0 Å². The van der Waals surface area contributed by atoms with Gasteiger partial charge in [0.05, 0.1) is 0 Å². The van der Waals surface area contributed by atoms with Crippen LogP contribution in [0.4, 0.5) is 5.69 Å². The molecule has 0 aliphatic carbocycles. The molecular weight excluding hydrogens is 330 g/mol. The van der Waals surface area contributed by atoms with Gasteiger partial charge in [0.2, 0.25) is 5.91 Å². The van der Waals surface area contributed by atoms with E-state index >= 15 is 0 Å². The first-order valence-electron chi connectivity index (χ1n) is 7.38. The Labute approximate surface area is 144 Å². The molecule has 4 N–H and O–H groups in total. The zero-order valence-electron chi connectivity index (χ0n) is 12.9. The molecule has 24 heavy (non-hydrogen) atoms. The third kappa shape index (κ3) is 5.66. The third-order valence-electron chi connectivity index (χ3n) is 3.30. The standard InChI is InChI=1S/C17H18ClN3O3/c18-14-5-7-15(8-6-14)20-16(22)9-10-19-11-12-1-3-13(4-2-12)17(23)21-24/h1-8,19,24H,9-11H2,(H,20,22)(H,21,23). The van der Waals surface area contributed by atoms with E-state index in [4.69, 9.17) is 16.8 Å². The molecule has 0 unspecified atom stereocenters. The lowest BCUT2D eigenvalue weighted by Gasteiger charge is -2.07. The zero-order valence-corrected chi connectivity index (χ0v) is 13.6. The molecule has 126 valence electrons. The van der Waals surface area contributed by atoms with Crippen molar-refractivity contribution in [1.82, 2.24) is 10.8 Å². The van der Waals surface area contributed by atoms with Crippen molar-refractivity contribution in [3.8, 4) is 0 Å². The Morgan fingerprint density at radius 3 is 2.29 bits per heavy atom. The maximum absolute atomic E-state index is 11.8. The number of halogens is 1. The maximum Gasteiger partial charge on any atom is 0.274 e. The van der Waals surface area contributed by atoms with Gasteiger partial charge >= 0.3 is 0 Å². The number of anilines is 1. The number of hydroxylamine groups is 1. The molecule has 0 spiro atoms. The minimum absolute atomic E-state index is 0.0835. The smallest absolute Gasteiger partial charge is 0.274 e. The normalized spacial score (nSPS) is 10.2. The SMILES string of the molecule is O=C(CCNCc1ccc(C(=O)NO)cc1)Nc1ccc(Cl)cc1. The first-order valence-corrected chi connectivity index (χ1v) is 7.76. The number of hydrogen-bond acceptors (Lipinski definition) is 4. The van der Waals surface area contributed by atoms with Crippen molar-refractivity contribution in [2.24, 2.45) is 0 Å². The van der Waals surface area contributed by atoms with Crippen molar-refractivity contribution in [3.63, 3.8) is 0 Å². The van der Waals surface area contributed by atoms with E-state index in [0.29, 0.717) is 35.8 Å². The van der Waals surface area contributed by atoms with Crippen LogP contribution in [-0.4, -0.2) is 23.6 Å². The Kier molecular flexibility index (Phi) is 6.74. The molecule has 0 saturated heterocycles. The monoisotopic (exact) mass is 347 g/mol. The highest BCUT2D eigenvalue weighted by molar-refractivity contribution is 6.30. The maximum atomic E-state index is 11.8. The highest BCUT2D eigenvalue weighted by Crippen LogP contribution is 2.13. The van der Waals surface area contributed by atoms with Gasteiger partial charge in [-0.15, -0.1) is 0 Å². The minimum atomic E-state index is -0.548. The number of carbonyl (C=O) groups excluding carboxylic acids is 2. The lowest BCUT2D eigenvalue weighted by molar-refractivity contribution is -0.116. The minimum Gasteiger partial charge on any atom is -0.326 e. The number of amides is 2. The van der Waals surface area contributed by atoms with Crippen LogP contribution in [0.2, 0.25) is 5.02 Å². The predicted molar refractivity (Wildman–Crippen MR) is 92.1 cm³/mol. The summed E-state index contributed by atoms with van der Waals surface area (Å²) < 4.78 is 0. The van der Waals surface area contributed by atoms with E-state index in [1.165, 1.54) is 0 Å². The molecule has 2 amide bonds. The fourth-order valence-electron chi connectivity index (χ4n) is 2.03. The number of carbonyl (C=O) groups is 2. The van der Waals surface area contributed by atoms with E-state index in [0.717, 1.165) is 5.56 Å². The van der Waals surface area contributed by atoms with Crippen LogP contribution < -0.4 is 16.1 Å². The summed E-state index contributed by atoms with van der Waals surface area (Å²) in [4.78, 5) is 23.0. The van der Waals surface area contributed by atoms with Gasteiger partial charge in [0.1, 0.15) is 0 Å². The molecule has 6 nitrogen and oxygen atoms in total. The molecule has 0 radical (unpaired) electrons. The van der Waals surface area contributed by atoms with Crippen molar-refractivity contribution >= 4 is 29.1 Å². The largest absolute Gasteiger partial charge is 0.326 e. The van der Waals surface area contributed by atoms with Crippen LogP contribution in [0.1, 0.15) is 22.3 Å². The second kappa shape index (κ2) is 9.02. The van der Waals surface area contributed by atoms with Crippen LogP contribution in [0.3, 0.4) is 0 Å². The van der Waals surface area contributed by atoms with Gasteiger partial charge in [0.25, 0.3) is 5.91 Å². The Balaban J connectivity index is 1.69. The molecule has 7 heteroatoms. The Bertz CT molecular complexity index is 687. The molecule has 0 atom stereocenters. The van der Waals surface area contributed by atoms with Gasteiger partial charge in [-0.3, -0.25) is 14.8 Å². The molecule has 0 aliphatic rings. The van der Waals surface area contributed by atoms with E-state index in [9.17, 15) is 9.59 Å². The molecule has 2 aromatic carbocycles. The molecule has 0 bridgehead atoms. The fourth-order valence-corrected chi connectivity index (χ4v) is 2.16. The zero-order chi connectivity index (χ0) is 17.4. The molecule has 2 rings (SSSR count). The first kappa shape index (κ1) is 17.9. The van der Waals surface area contributed by atoms with E-state index in [-0.39, 0.29) is 5.91 Å². The number of rotatable bonds is 7.